The predicted molar refractivity (Wildman–Crippen MR) is 107 cm³/mol. The second-order valence-electron chi connectivity index (χ2n) is 5.63. The highest BCUT2D eigenvalue weighted by Gasteiger charge is 2.15. The van der Waals surface area contributed by atoms with Gasteiger partial charge in [-0.15, -0.1) is 0 Å². The average Bonchev–Trinajstić information content (AvgIpc) is 3.10. The van der Waals surface area contributed by atoms with E-state index in [1.165, 1.54) is 11.8 Å². The molecule has 2 aromatic heterocycles. The lowest BCUT2D eigenvalue weighted by Crippen LogP contribution is -2.13. The van der Waals surface area contributed by atoms with Gasteiger partial charge in [-0.2, -0.15) is 0 Å². The molecule has 0 fully saturated rings. The summed E-state index contributed by atoms with van der Waals surface area (Å²) in [5.41, 5.74) is 1.16. The van der Waals surface area contributed by atoms with Crippen molar-refractivity contribution in [2.45, 2.75) is 17.7 Å². The Morgan fingerprint density at radius 2 is 2.07 bits per heavy atom. The Morgan fingerprint density at radius 1 is 1.21 bits per heavy atom. The van der Waals surface area contributed by atoms with Crippen molar-refractivity contribution >= 4 is 40.9 Å². The number of ether oxygens (including phenoxy) is 2. The maximum atomic E-state index is 12.4. The fourth-order valence-electron chi connectivity index (χ4n) is 2.25. The maximum Gasteiger partial charge on any atom is 0.341 e. The first-order valence-corrected chi connectivity index (χ1v) is 10.0. The van der Waals surface area contributed by atoms with Gasteiger partial charge in [-0.25, -0.2) is 9.78 Å². The lowest BCUT2D eigenvalue weighted by Gasteiger charge is -2.10. The van der Waals surface area contributed by atoms with Crippen molar-refractivity contribution in [3.63, 3.8) is 0 Å². The van der Waals surface area contributed by atoms with Crippen LogP contribution in [0.4, 0.5) is 0 Å². The fourth-order valence-corrected chi connectivity index (χ4v) is 3.57. The Morgan fingerprint density at radius 3 is 2.82 bits per heavy atom. The standard InChI is InChI=1S/C19H16Cl2N2O4S/c1-12-9-14(23-27-12)11-28-18-15(3-2-6-22-18)19(24)26-8-7-25-17-5-4-13(20)10-16(17)21/h2-6,9-10H,7-8,11H2,1H3. The smallest absolute Gasteiger partial charge is 0.341 e. The number of esters is 1. The number of benzene rings is 1. The molecular formula is C19H16Cl2N2O4S. The number of carbonyl (C=O) groups is 1. The van der Waals surface area contributed by atoms with Gasteiger partial charge >= 0.3 is 5.97 Å². The summed E-state index contributed by atoms with van der Waals surface area (Å²) in [6, 6.07) is 10.1. The molecule has 0 N–H and O–H groups in total. The third-order valence-electron chi connectivity index (χ3n) is 3.49. The van der Waals surface area contributed by atoms with Gasteiger partial charge in [0.15, 0.2) is 0 Å². The van der Waals surface area contributed by atoms with Crippen LogP contribution in [0.25, 0.3) is 0 Å². The van der Waals surface area contributed by atoms with Gasteiger partial charge in [0.1, 0.15) is 29.7 Å². The highest BCUT2D eigenvalue weighted by molar-refractivity contribution is 7.98. The summed E-state index contributed by atoms with van der Waals surface area (Å²) in [6.07, 6.45) is 1.62. The molecule has 3 aromatic rings. The SMILES string of the molecule is Cc1cc(CSc2ncccc2C(=O)OCCOc2ccc(Cl)cc2Cl)no1. The third-order valence-corrected chi connectivity index (χ3v) is 5.06. The number of halogens is 2. The van der Waals surface area contributed by atoms with Gasteiger partial charge in [0.05, 0.1) is 16.3 Å². The van der Waals surface area contributed by atoms with Crippen LogP contribution in [-0.2, 0) is 10.5 Å². The Hall–Kier alpha value is -2.22. The molecule has 0 saturated carbocycles. The van der Waals surface area contributed by atoms with E-state index in [-0.39, 0.29) is 13.2 Å². The summed E-state index contributed by atoms with van der Waals surface area (Å²) in [5.74, 6) is 1.27. The molecule has 0 radical (unpaired) electrons. The molecule has 0 amide bonds. The van der Waals surface area contributed by atoms with Crippen molar-refractivity contribution in [2.75, 3.05) is 13.2 Å². The second-order valence-corrected chi connectivity index (χ2v) is 7.44. The lowest BCUT2D eigenvalue weighted by atomic mass is 10.3. The zero-order valence-electron chi connectivity index (χ0n) is 14.9. The van der Waals surface area contributed by atoms with Gasteiger partial charge in [-0.1, -0.05) is 40.1 Å². The van der Waals surface area contributed by atoms with Gasteiger partial charge in [0, 0.05) is 23.0 Å². The minimum atomic E-state index is -0.474. The van der Waals surface area contributed by atoms with Crippen molar-refractivity contribution in [3.05, 3.63) is 69.7 Å². The number of pyridine rings is 1. The molecule has 3 rings (SSSR count). The Bertz CT molecular complexity index is 965. The molecule has 0 bridgehead atoms. The van der Waals surface area contributed by atoms with Crippen LogP contribution in [0.2, 0.25) is 10.0 Å². The lowest BCUT2D eigenvalue weighted by molar-refractivity contribution is 0.0445. The van der Waals surface area contributed by atoms with Crippen molar-refractivity contribution < 1.29 is 18.8 Å². The second kappa shape index (κ2) is 9.82. The van der Waals surface area contributed by atoms with Gasteiger partial charge < -0.3 is 14.0 Å². The first kappa shape index (κ1) is 20.5. The number of carbonyl (C=O) groups excluding carboxylic acids is 1. The monoisotopic (exact) mass is 438 g/mol. The van der Waals surface area contributed by atoms with Crippen LogP contribution >= 0.6 is 35.0 Å². The number of aromatic nitrogens is 2. The molecule has 6 nitrogen and oxygen atoms in total. The largest absolute Gasteiger partial charge is 0.488 e. The Balaban J connectivity index is 1.52. The molecule has 0 aliphatic heterocycles. The van der Waals surface area contributed by atoms with Crippen LogP contribution < -0.4 is 4.74 Å². The molecule has 9 heteroatoms. The number of hydrogen-bond acceptors (Lipinski definition) is 7. The topological polar surface area (TPSA) is 74.5 Å². The van der Waals surface area contributed by atoms with Crippen molar-refractivity contribution in [2.24, 2.45) is 0 Å². The van der Waals surface area contributed by atoms with E-state index in [1.54, 1.807) is 36.5 Å². The quantitative estimate of drug-likeness (QED) is 0.271. The number of nitrogens with zero attached hydrogens (tertiary/aromatic N) is 2. The first-order valence-electron chi connectivity index (χ1n) is 8.28. The number of rotatable bonds is 8. The van der Waals surface area contributed by atoms with E-state index < -0.39 is 5.97 Å². The third kappa shape index (κ3) is 5.64. The van der Waals surface area contributed by atoms with Gasteiger partial charge in [-0.3, -0.25) is 0 Å². The molecule has 0 aliphatic carbocycles. The highest BCUT2D eigenvalue weighted by Crippen LogP contribution is 2.27. The van der Waals surface area contributed by atoms with E-state index in [9.17, 15) is 4.79 Å². The van der Waals surface area contributed by atoms with Crippen molar-refractivity contribution in [1.29, 1.82) is 0 Å². The van der Waals surface area contributed by atoms with E-state index in [1.807, 2.05) is 13.0 Å². The molecule has 28 heavy (non-hydrogen) atoms. The fraction of sp³-hybridized carbons (Fsp3) is 0.211. The molecule has 0 aliphatic rings. The average molecular weight is 439 g/mol. The zero-order valence-corrected chi connectivity index (χ0v) is 17.2. The molecule has 0 saturated heterocycles. The minimum absolute atomic E-state index is 0.0687. The van der Waals surface area contributed by atoms with Crippen LogP contribution in [-0.4, -0.2) is 29.3 Å². The van der Waals surface area contributed by atoms with Crippen LogP contribution in [0.15, 0.2) is 52.1 Å². The van der Waals surface area contributed by atoms with Crippen LogP contribution in [0, 0.1) is 6.92 Å². The normalized spacial score (nSPS) is 10.7. The van der Waals surface area contributed by atoms with E-state index in [4.69, 9.17) is 37.2 Å². The maximum absolute atomic E-state index is 12.4. The molecule has 0 unspecified atom stereocenters. The minimum Gasteiger partial charge on any atom is -0.488 e. The van der Waals surface area contributed by atoms with Crippen LogP contribution in [0.3, 0.4) is 0 Å². The molecule has 1 aromatic carbocycles. The Labute approximate surface area is 176 Å². The van der Waals surface area contributed by atoms with Gasteiger partial charge in [-0.05, 0) is 37.3 Å². The molecule has 2 heterocycles. The highest BCUT2D eigenvalue weighted by atomic mass is 35.5. The summed E-state index contributed by atoms with van der Waals surface area (Å²) in [7, 11) is 0. The summed E-state index contributed by atoms with van der Waals surface area (Å²) in [6.45, 7) is 2.05. The summed E-state index contributed by atoms with van der Waals surface area (Å²) >= 11 is 13.3. The van der Waals surface area contributed by atoms with E-state index in [0.717, 1.165) is 11.5 Å². The molecule has 0 spiro atoms. The molecule has 0 atom stereocenters. The predicted octanol–water partition coefficient (Wildman–Crippen LogP) is 5.21. The summed E-state index contributed by atoms with van der Waals surface area (Å²) in [4.78, 5) is 16.7. The summed E-state index contributed by atoms with van der Waals surface area (Å²) < 4.78 is 15.8. The zero-order chi connectivity index (χ0) is 19.9. The molecule has 146 valence electrons. The molecular weight excluding hydrogens is 423 g/mol. The van der Waals surface area contributed by atoms with E-state index >= 15 is 0 Å². The van der Waals surface area contributed by atoms with Crippen LogP contribution in [0.1, 0.15) is 21.8 Å². The number of thioether (sulfide) groups is 1. The van der Waals surface area contributed by atoms with Crippen molar-refractivity contribution in [3.8, 4) is 5.75 Å². The first-order chi connectivity index (χ1) is 13.5. The van der Waals surface area contributed by atoms with E-state index in [0.29, 0.717) is 32.1 Å². The van der Waals surface area contributed by atoms with E-state index in [2.05, 4.69) is 10.1 Å². The van der Waals surface area contributed by atoms with Crippen LogP contribution in [0.5, 0.6) is 5.75 Å². The van der Waals surface area contributed by atoms with Crippen molar-refractivity contribution in [1.82, 2.24) is 10.1 Å². The van der Waals surface area contributed by atoms with Gasteiger partial charge in [0.2, 0.25) is 0 Å². The number of aryl methyl sites for hydroxylation is 1. The number of hydrogen-bond donors (Lipinski definition) is 0. The van der Waals surface area contributed by atoms with Gasteiger partial charge in [0.25, 0.3) is 0 Å². The Kier molecular flexibility index (Phi) is 7.19. The summed E-state index contributed by atoms with van der Waals surface area (Å²) in [5, 5.41) is 5.41.